The number of urea groups is 1. The Labute approximate surface area is 152 Å². The zero-order valence-corrected chi connectivity index (χ0v) is 14.9. The van der Waals surface area contributed by atoms with E-state index in [0.29, 0.717) is 23.8 Å². The van der Waals surface area contributed by atoms with Gasteiger partial charge in [0, 0.05) is 36.9 Å². The molecule has 0 aromatic heterocycles. The zero-order chi connectivity index (χ0) is 17.1. The smallest absolute Gasteiger partial charge is 0.322 e. The third-order valence-electron chi connectivity index (χ3n) is 4.18. The first-order chi connectivity index (χ1) is 11.5. The van der Waals surface area contributed by atoms with Gasteiger partial charge in [-0.2, -0.15) is 0 Å². The Morgan fingerprint density at radius 1 is 1.04 bits per heavy atom. The normalized spacial score (nSPS) is 14.6. The number of carbonyl (C=O) groups is 1. The number of para-hydroxylation sites is 1. The number of rotatable bonds is 2. The molecule has 2 aromatic rings. The second-order valence-electron chi connectivity index (χ2n) is 5.81. The van der Waals surface area contributed by atoms with Crippen LogP contribution in [0.3, 0.4) is 0 Å². The van der Waals surface area contributed by atoms with Gasteiger partial charge in [-0.15, -0.1) is 0 Å². The van der Waals surface area contributed by atoms with Crippen LogP contribution >= 0.6 is 23.2 Å². The molecule has 0 atom stereocenters. The molecule has 4 nitrogen and oxygen atoms in total. The molecule has 2 aromatic carbocycles. The van der Waals surface area contributed by atoms with E-state index >= 15 is 0 Å². The van der Waals surface area contributed by atoms with Crippen molar-refractivity contribution in [3.8, 4) is 0 Å². The summed E-state index contributed by atoms with van der Waals surface area (Å²) in [6.07, 6.45) is 0. The first-order valence-electron chi connectivity index (χ1n) is 7.86. The van der Waals surface area contributed by atoms with E-state index in [2.05, 4.69) is 17.1 Å². The highest BCUT2D eigenvalue weighted by molar-refractivity contribution is 6.33. The number of nitrogens with one attached hydrogen (secondary N) is 1. The van der Waals surface area contributed by atoms with Gasteiger partial charge in [0.25, 0.3) is 0 Å². The van der Waals surface area contributed by atoms with E-state index in [-0.39, 0.29) is 6.03 Å². The van der Waals surface area contributed by atoms with Crippen LogP contribution in [-0.4, -0.2) is 37.1 Å². The number of anilines is 2. The minimum atomic E-state index is -0.115. The topological polar surface area (TPSA) is 35.6 Å². The average molecular weight is 364 g/mol. The number of nitrogens with zero attached hydrogens (tertiary/aromatic N) is 2. The summed E-state index contributed by atoms with van der Waals surface area (Å²) in [6.45, 7) is 4.96. The van der Waals surface area contributed by atoms with Gasteiger partial charge in [0.2, 0.25) is 0 Å². The second kappa shape index (κ2) is 7.32. The van der Waals surface area contributed by atoms with Gasteiger partial charge in [0.05, 0.1) is 10.7 Å². The van der Waals surface area contributed by atoms with Crippen LogP contribution < -0.4 is 10.2 Å². The summed E-state index contributed by atoms with van der Waals surface area (Å²) in [6, 6.07) is 13.0. The van der Waals surface area contributed by atoms with E-state index in [0.717, 1.165) is 23.7 Å². The van der Waals surface area contributed by atoms with E-state index in [1.54, 1.807) is 12.1 Å². The van der Waals surface area contributed by atoms with E-state index in [9.17, 15) is 4.79 Å². The van der Waals surface area contributed by atoms with E-state index in [4.69, 9.17) is 23.2 Å². The second-order valence-corrected chi connectivity index (χ2v) is 6.66. The van der Waals surface area contributed by atoms with Gasteiger partial charge in [-0.1, -0.05) is 35.3 Å². The van der Waals surface area contributed by atoms with Crippen LogP contribution in [0.2, 0.25) is 10.0 Å². The Morgan fingerprint density at radius 2 is 1.75 bits per heavy atom. The molecule has 126 valence electrons. The number of halogens is 2. The Bertz CT molecular complexity index is 743. The van der Waals surface area contributed by atoms with Crippen molar-refractivity contribution >= 4 is 40.6 Å². The average Bonchev–Trinajstić information content (AvgIpc) is 2.57. The molecule has 2 amide bonds. The lowest BCUT2D eigenvalue weighted by molar-refractivity contribution is 0.208. The number of hydrogen-bond acceptors (Lipinski definition) is 2. The molecule has 0 spiro atoms. The number of amides is 2. The molecule has 0 bridgehead atoms. The first kappa shape index (κ1) is 16.9. The molecular formula is C18H19Cl2N3O. The summed E-state index contributed by atoms with van der Waals surface area (Å²) >= 11 is 12.1. The molecule has 1 fully saturated rings. The molecule has 0 radical (unpaired) electrons. The highest BCUT2D eigenvalue weighted by atomic mass is 35.5. The molecule has 0 aliphatic carbocycles. The summed E-state index contributed by atoms with van der Waals surface area (Å²) < 4.78 is 0. The molecule has 0 unspecified atom stereocenters. The summed E-state index contributed by atoms with van der Waals surface area (Å²) in [5, 5.41) is 4.16. The van der Waals surface area contributed by atoms with Crippen molar-refractivity contribution in [1.82, 2.24) is 4.90 Å². The lowest BCUT2D eigenvalue weighted by atomic mass is 10.1. The van der Waals surface area contributed by atoms with Crippen molar-refractivity contribution in [3.05, 3.63) is 58.1 Å². The largest absolute Gasteiger partial charge is 0.368 e. The minimum absolute atomic E-state index is 0.115. The lowest BCUT2D eigenvalue weighted by Crippen LogP contribution is -2.50. The predicted octanol–water partition coefficient (Wildman–Crippen LogP) is 4.66. The number of carbonyl (C=O) groups excluding carboxylic acids is 1. The maximum atomic E-state index is 12.4. The highest BCUT2D eigenvalue weighted by Crippen LogP contribution is 2.25. The molecule has 0 saturated carbocycles. The summed E-state index contributed by atoms with van der Waals surface area (Å²) in [4.78, 5) is 16.5. The standard InChI is InChI=1S/C18H19Cl2N3O/c1-13-12-14(19)6-7-17(13)22-8-10-23(11-9-22)18(24)21-16-5-3-2-4-15(16)20/h2-7,12H,8-11H2,1H3,(H,21,24). The fourth-order valence-electron chi connectivity index (χ4n) is 2.88. The van der Waals surface area contributed by atoms with E-state index in [1.807, 2.05) is 35.2 Å². The number of piperazine rings is 1. The zero-order valence-electron chi connectivity index (χ0n) is 13.4. The fourth-order valence-corrected chi connectivity index (χ4v) is 3.29. The Morgan fingerprint density at radius 3 is 2.42 bits per heavy atom. The highest BCUT2D eigenvalue weighted by Gasteiger charge is 2.22. The molecule has 1 saturated heterocycles. The Hall–Kier alpha value is -1.91. The van der Waals surface area contributed by atoms with Gasteiger partial charge in [-0.05, 0) is 42.8 Å². The van der Waals surface area contributed by atoms with Gasteiger partial charge in [0.1, 0.15) is 0 Å². The van der Waals surface area contributed by atoms with Crippen LogP contribution in [-0.2, 0) is 0 Å². The van der Waals surface area contributed by atoms with Gasteiger partial charge >= 0.3 is 6.03 Å². The fraction of sp³-hybridized carbons (Fsp3) is 0.278. The molecular weight excluding hydrogens is 345 g/mol. The number of benzene rings is 2. The van der Waals surface area contributed by atoms with Gasteiger partial charge in [-0.3, -0.25) is 0 Å². The van der Waals surface area contributed by atoms with Gasteiger partial charge in [0.15, 0.2) is 0 Å². The summed E-state index contributed by atoms with van der Waals surface area (Å²) in [7, 11) is 0. The molecule has 3 rings (SSSR count). The quantitative estimate of drug-likeness (QED) is 0.842. The van der Waals surface area contributed by atoms with Crippen molar-refractivity contribution in [2.75, 3.05) is 36.4 Å². The van der Waals surface area contributed by atoms with E-state index in [1.165, 1.54) is 5.69 Å². The van der Waals surface area contributed by atoms with Crippen LogP contribution in [0, 0.1) is 6.92 Å². The molecule has 1 aliphatic rings. The van der Waals surface area contributed by atoms with Crippen LogP contribution in [0.15, 0.2) is 42.5 Å². The van der Waals surface area contributed by atoms with Crippen molar-refractivity contribution in [1.29, 1.82) is 0 Å². The summed E-state index contributed by atoms with van der Waals surface area (Å²) in [5.74, 6) is 0. The Balaban J connectivity index is 1.60. The molecule has 1 aliphatic heterocycles. The first-order valence-corrected chi connectivity index (χ1v) is 8.62. The van der Waals surface area contributed by atoms with Crippen LogP contribution in [0.25, 0.3) is 0 Å². The molecule has 1 N–H and O–H groups in total. The maximum Gasteiger partial charge on any atom is 0.322 e. The van der Waals surface area contributed by atoms with Gasteiger partial charge in [-0.25, -0.2) is 4.79 Å². The maximum absolute atomic E-state index is 12.4. The van der Waals surface area contributed by atoms with Crippen molar-refractivity contribution in [2.45, 2.75) is 6.92 Å². The van der Waals surface area contributed by atoms with Gasteiger partial charge < -0.3 is 15.1 Å². The van der Waals surface area contributed by atoms with E-state index < -0.39 is 0 Å². The summed E-state index contributed by atoms with van der Waals surface area (Å²) in [5.41, 5.74) is 2.96. The molecule has 6 heteroatoms. The third kappa shape index (κ3) is 3.77. The van der Waals surface area contributed by atoms with Crippen LogP contribution in [0.4, 0.5) is 16.2 Å². The van der Waals surface area contributed by atoms with Crippen LogP contribution in [0.1, 0.15) is 5.56 Å². The monoisotopic (exact) mass is 363 g/mol. The molecule has 1 heterocycles. The number of aryl methyl sites for hydroxylation is 1. The van der Waals surface area contributed by atoms with Crippen molar-refractivity contribution in [3.63, 3.8) is 0 Å². The lowest BCUT2D eigenvalue weighted by Gasteiger charge is -2.36. The van der Waals surface area contributed by atoms with Crippen LogP contribution in [0.5, 0.6) is 0 Å². The van der Waals surface area contributed by atoms with Crippen molar-refractivity contribution < 1.29 is 4.79 Å². The minimum Gasteiger partial charge on any atom is -0.368 e. The Kier molecular flexibility index (Phi) is 5.17. The third-order valence-corrected chi connectivity index (χ3v) is 4.75. The number of hydrogen-bond donors (Lipinski definition) is 1. The molecule has 24 heavy (non-hydrogen) atoms. The van der Waals surface area contributed by atoms with Crippen molar-refractivity contribution in [2.24, 2.45) is 0 Å². The SMILES string of the molecule is Cc1cc(Cl)ccc1N1CCN(C(=O)Nc2ccccc2Cl)CC1. The predicted molar refractivity (Wildman–Crippen MR) is 100 cm³/mol.